The van der Waals surface area contributed by atoms with Crippen molar-refractivity contribution in [2.45, 2.75) is 12.5 Å². The molecule has 4 amide bonds. The standard InChI is InChI=1S/C23H24N4O5S/c1-32-22(30)20-16(24-23(31)25-21(20)17-8-5-11-33-17)12-26-13-18(28)27(19(29)14-26)10-9-15-6-3-2-4-7-15/h2-8,11,21H,9-10,12-14H2,1H3,(H2,24,25,31). The number of thiophene rings is 1. The number of ether oxygens (including phenoxy) is 1. The third-order valence-corrected chi connectivity index (χ3v) is 6.49. The van der Waals surface area contributed by atoms with Crippen molar-refractivity contribution in [3.8, 4) is 0 Å². The second kappa shape index (κ2) is 9.97. The highest BCUT2D eigenvalue weighted by atomic mass is 32.1. The highest BCUT2D eigenvalue weighted by molar-refractivity contribution is 7.10. The van der Waals surface area contributed by atoms with Crippen LogP contribution in [-0.4, -0.2) is 66.9 Å². The third-order valence-electron chi connectivity index (χ3n) is 5.56. The van der Waals surface area contributed by atoms with E-state index in [4.69, 9.17) is 4.74 Å². The zero-order valence-electron chi connectivity index (χ0n) is 18.1. The lowest BCUT2D eigenvalue weighted by Gasteiger charge is -2.35. The van der Waals surface area contributed by atoms with E-state index in [1.165, 1.54) is 23.3 Å². The molecule has 4 rings (SSSR count). The largest absolute Gasteiger partial charge is 0.466 e. The van der Waals surface area contributed by atoms with E-state index < -0.39 is 18.0 Å². The number of piperazine rings is 1. The molecule has 9 nitrogen and oxygen atoms in total. The van der Waals surface area contributed by atoms with Crippen LogP contribution in [0.5, 0.6) is 0 Å². The van der Waals surface area contributed by atoms with Crippen molar-refractivity contribution in [1.82, 2.24) is 20.4 Å². The van der Waals surface area contributed by atoms with Gasteiger partial charge in [0.15, 0.2) is 0 Å². The van der Waals surface area contributed by atoms with E-state index in [9.17, 15) is 19.2 Å². The summed E-state index contributed by atoms with van der Waals surface area (Å²) in [6.07, 6.45) is 0.584. The zero-order chi connectivity index (χ0) is 23.4. The van der Waals surface area contributed by atoms with Gasteiger partial charge in [0.1, 0.15) is 0 Å². The molecule has 1 saturated heterocycles. The van der Waals surface area contributed by atoms with Crippen LogP contribution < -0.4 is 10.6 Å². The molecule has 1 aromatic carbocycles. The minimum Gasteiger partial charge on any atom is -0.466 e. The van der Waals surface area contributed by atoms with Crippen LogP contribution in [-0.2, 0) is 25.5 Å². The van der Waals surface area contributed by atoms with Gasteiger partial charge >= 0.3 is 12.0 Å². The van der Waals surface area contributed by atoms with Crippen LogP contribution >= 0.6 is 11.3 Å². The number of benzene rings is 1. The van der Waals surface area contributed by atoms with Crippen molar-refractivity contribution in [3.63, 3.8) is 0 Å². The number of esters is 1. The van der Waals surface area contributed by atoms with Crippen molar-refractivity contribution in [3.05, 3.63) is 69.6 Å². The Morgan fingerprint density at radius 1 is 1.09 bits per heavy atom. The predicted molar refractivity (Wildman–Crippen MR) is 121 cm³/mol. The molecule has 1 atom stereocenters. The summed E-state index contributed by atoms with van der Waals surface area (Å²) in [5.74, 6) is -1.20. The van der Waals surface area contributed by atoms with Crippen LogP contribution in [0, 0.1) is 0 Å². The molecule has 0 aliphatic carbocycles. The molecule has 1 aromatic heterocycles. The number of rotatable bonds is 7. The molecule has 2 aromatic rings. The Bertz CT molecular complexity index is 1070. The maximum Gasteiger partial charge on any atom is 0.338 e. The van der Waals surface area contributed by atoms with Gasteiger partial charge in [0.2, 0.25) is 11.8 Å². The Kier molecular flexibility index (Phi) is 6.85. The molecule has 10 heteroatoms. The summed E-state index contributed by atoms with van der Waals surface area (Å²) in [6, 6.07) is 12.2. The molecular weight excluding hydrogens is 444 g/mol. The fourth-order valence-electron chi connectivity index (χ4n) is 3.98. The van der Waals surface area contributed by atoms with Gasteiger partial charge < -0.3 is 15.4 Å². The number of amides is 4. The van der Waals surface area contributed by atoms with Gasteiger partial charge in [-0.3, -0.25) is 19.4 Å². The van der Waals surface area contributed by atoms with E-state index in [2.05, 4.69) is 10.6 Å². The normalized spacial score (nSPS) is 19.4. The summed E-state index contributed by atoms with van der Waals surface area (Å²) in [7, 11) is 1.27. The number of urea groups is 1. The summed E-state index contributed by atoms with van der Waals surface area (Å²) < 4.78 is 4.96. The van der Waals surface area contributed by atoms with E-state index in [0.29, 0.717) is 18.7 Å². The van der Waals surface area contributed by atoms with Crippen LogP contribution in [0.25, 0.3) is 0 Å². The molecule has 172 valence electrons. The second-order valence-electron chi connectivity index (χ2n) is 7.75. The van der Waals surface area contributed by atoms with E-state index in [1.807, 2.05) is 47.8 Å². The number of hydrogen-bond acceptors (Lipinski definition) is 7. The topological polar surface area (TPSA) is 108 Å². The van der Waals surface area contributed by atoms with Crippen molar-refractivity contribution >= 4 is 35.2 Å². The summed E-state index contributed by atoms with van der Waals surface area (Å²) in [4.78, 5) is 54.0. The first-order valence-electron chi connectivity index (χ1n) is 10.5. The summed E-state index contributed by atoms with van der Waals surface area (Å²) in [5, 5.41) is 7.26. The van der Waals surface area contributed by atoms with Crippen LogP contribution in [0.2, 0.25) is 0 Å². The predicted octanol–water partition coefficient (Wildman–Crippen LogP) is 1.44. The van der Waals surface area contributed by atoms with Crippen LogP contribution in [0.3, 0.4) is 0 Å². The average Bonchev–Trinajstić information content (AvgIpc) is 3.33. The smallest absolute Gasteiger partial charge is 0.338 e. The monoisotopic (exact) mass is 468 g/mol. The number of nitrogens with one attached hydrogen (secondary N) is 2. The molecule has 0 spiro atoms. The molecule has 33 heavy (non-hydrogen) atoms. The molecule has 1 fully saturated rings. The molecule has 0 radical (unpaired) electrons. The van der Waals surface area contributed by atoms with Crippen molar-refractivity contribution in [1.29, 1.82) is 0 Å². The van der Waals surface area contributed by atoms with Crippen molar-refractivity contribution in [2.24, 2.45) is 0 Å². The molecule has 2 aliphatic rings. The Morgan fingerprint density at radius 3 is 2.45 bits per heavy atom. The SMILES string of the molecule is COC(=O)C1=C(CN2CC(=O)N(CCc3ccccc3)C(=O)C2)NC(=O)NC1c1cccs1. The minimum atomic E-state index is -0.667. The molecule has 0 bridgehead atoms. The van der Waals surface area contributed by atoms with E-state index in [1.54, 1.807) is 4.90 Å². The third kappa shape index (κ3) is 5.12. The first-order valence-corrected chi connectivity index (χ1v) is 11.4. The quantitative estimate of drug-likeness (QED) is 0.470. The number of nitrogens with zero attached hydrogens (tertiary/aromatic N) is 2. The van der Waals surface area contributed by atoms with Gasteiger partial charge in [0.25, 0.3) is 0 Å². The fraction of sp³-hybridized carbons (Fsp3) is 0.304. The van der Waals surface area contributed by atoms with Crippen molar-refractivity contribution < 1.29 is 23.9 Å². The van der Waals surface area contributed by atoms with Gasteiger partial charge in [-0.2, -0.15) is 0 Å². The number of carbonyl (C=O) groups excluding carboxylic acids is 4. The maximum absolute atomic E-state index is 12.7. The Hall–Kier alpha value is -3.50. The van der Waals surface area contributed by atoms with Gasteiger partial charge in [-0.15, -0.1) is 11.3 Å². The highest BCUT2D eigenvalue weighted by Crippen LogP contribution is 2.31. The lowest BCUT2D eigenvalue weighted by molar-refractivity contribution is -0.151. The van der Waals surface area contributed by atoms with E-state index in [-0.39, 0.29) is 37.0 Å². The molecular formula is C23H24N4O5S. The summed E-state index contributed by atoms with van der Waals surface area (Å²) in [5.41, 5.74) is 1.62. The van der Waals surface area contributed by atoms with Gasteiger partial charge in [-0.1, -0.05) is 36.4 Å². The Balaban J connectivity index is 1.50. The molecule has 2 aliphatic heterocycles. The first kappa shape index (κ1) is 22.7. The Labute approximate surface area is 195 Å². The number of hydrogen-bond donors (Lipinski definition) is 2. The van der Waals surface area contributed by atoms with Gasteiger partial charge in [0, 0.05) is 23.7 Å². The summed E-state index contributed by atoms with van der Waals surface area (Å²) in [6.45, 7) is 0.382. The molecule has 2 N–H and O–H groups in total. The molecule has 1 unspecified atom stereocenters. The first-order chi connectivity index (χ1) is 16.0. The van der Waals surface area contributed by atoms with Crippen LogP contribution in [0.15, 0.2) is 59.1 Å². The number of carbonyl (C=O) groups is 4. The summed E-state index contributed by atoms with van der Waals surface area (Å²) >= 11 is 1.40. The van der Waals surface area contributed by atoms with E-state index >= 15 is 0 Å². The molecule has 0 saturated carbocycles. The lowest BCUT2D eigenvalue weighted by atomic mass is 10.0. The maximum atomic E-state index is 12.7. The Morgan fingerprint density at radius 2 is 1.82 bits per heavy atom. The number of imide groups is 1. The van der Waals surface area contributed by atoms with E-state index in [0.717, 1.165) is 10.4 Å². The van der Waals surface area contributed by atoms with Crippen molar-refractivity contribution in [2.75, 3.05) is 33.3 Å². The average molecular weight is 469 g/mol. The van der Waals surface area contributed by atoms with Gasteiger partial charge in [0.05, 0.1) is 31.8 Å². The minimum absolute atomic E-state index is 0.00541. The number of methoxy groups -OCH3 is 1. The molecule has 3 heterocycles. The van der Waals surface area contributed by atoms with Gasteiger partial charge in [-0.25, -0.2) is 9.59 Å². The highest BCUT2D eigenvalue weighted by Gasteiger charge is 2.37. The van der Waals surface area contributed by atoms with Crippen LogP contribution in [0.4, 0.5) is 4.79 Å². The van der Waals surface area contributed by atoms with Crippen LogP contribution in [0.1, 0.15) is 16.5 Å². The second-order valence-corrected chi connectivity index (χ2v) is 8.73. The fourth-order valence-corrected chi connectivity index (χ4v) is 4.77. The van der Waals surface area contributed by atoms with Gasteiger partial charge in [-0.05, 0) is 23.4 Å². The zero-order valence-corrected chi connectivity index (χ0v) is 18.9. The lowest BCUT2D eigenvalue weighted by Crippen LogP contribution is -2.56.